The van der Waals surface area contributed by atoms with Crippen molar-refractivity contribution >= 4 is 87.2 Å². The monoisotopic (exact) mass is 889 g/mol. The van der Waals surface area contributed by atoms with Crippen LogP contribution >= 0.6 is 0 Å². The molecule has 0 saturated heterocycles. The largest absolute Gasteiger partial charge is 0.307 e. The van der Waals surface area contributed by atoms with E-state index in [4.69, 9.17) is 0 Å². The molecular formula is C64H51N5. The second kappa shape index (κ2) is 14.6. The average Bonchev–Trinajstić information content (AvgIpc) is 4.02. The van der Waals surface area contributed by atoms with Crippen LogP contribution in [0.4, 0.5) is 0 Å². The Morgan fingerprint density at radius 2 is 0.464 bits per heavy atom. The van der Waals surface area contributed by atoms with Crippen LogP contribution in [0.5, 0.6) is 0 Å². The Bertz CT molecular complexity index is 4240. The molecule has 0 amide bonds. The zero-order valence-electron chi connectivity index (χ0n) is 40.6. The van der Waals surface area contributed by atoms with Crippen molar-refractivity contribution in [2.45, 2.75) is 62.3 Å². The Balaban J connectivity index is 1.38. The van der Waals surface area contributed by atoms with Crippen LogP contribution in [0.2, 0.25) is 0 Å². The van der Waals surface area contributed by atoms with Gasteiger partial charge in [0.05, 0.1) is 66.9 Å². The Morgan fingerprint density at radius 1 is 0.261 bits per heavy atom. The van der Waals surface area contributed by atoms with E-state index < -0.39 is 0 Å². The lowest BCUT2D eigenvalue weighted by atomic mass is 9.98. The third-order valence-electron chi connectivity index (χ3n) is 14.9. The molecule has 4 aromatic heterocycles. The van der Waals surface area contributed by atoms with Crippen molar-refractivity contribution in [3.63, 3.8) is 0 Å². The molecule has 13 aromatic rings. The normalized spacial score (nSPS) is 12.1. The van der Waals surface area contributed by atoms with Gasteiger partial charge in [0.2, 0.25) is 0 Å². The minimum absolute atomic E-state index is 0.604. The number of hydrogen-bond donors (Lipinski definition) is 0. The lowest BCUT2D eigenvalue weighted by Gasteiger charge is -2.28. The van der Waals surface area contributed by atoms with E-state index in [0.717, 1.165) is 83.2 Å². The highest BCUT2D eigenvalue weighted by atomic mass is 15.1. The minimum atomic E-state index is 0.604. The van der Waals surface area contributed by atoms with Crippen molar-refractivity contribution in [1.29, 1.82) is 5.26 Å². The first kappa shape index (κ1) is 40.9. The van der Waals surface area contributed by atoms with Gasteiger partial charge in [-0.15, -0.1) is 0 Å². The zero-order valence-corrected chi connectivity index (χ0v) is 40.6. The number of hydrogen-bond acceptors (Lipinski definition) is 1. The highest BCUT2D eigenvalue weighted by Crippen LogP contribution is 2.49. The van der Waals surface area contributed by atoms with Crippen LogP contribution in [0.25, 0.3) is 110 Å². The fourth-order valence-corrected chi connectivity index (χ4v) is 11.9. The molecule has 9 aromatic carbocycles. The van der Waals surface area contributed by atoms with E-state index in [1.54, 1.807) is 0 Å². The first-order chi connectivity index (χ1) is 33.4. The summed E-state index contributed by atoms with van der Waals surface area (Å²) in [5.41, 5.74) is 23.5. The summed E-state index contributed by atoms with van der Waals surface area (Å²) in [4.78, 5) is 0. The summed E-state index contributed by atoms with van der Waals surface area (Å²) < 4.78 is 9.84. The van der Waals surface area contributed by atoms with E-state index >= 15 is 0 Å². The van der Waals surface area contributed by atoms with Gasteiger partial charge in [0, 0.05) is 48.7 Å². The molecule has 0 fully saturated rings. The maximum absolute atomic E-state index is 12.4. The summed E-state index contributed by atoms with van der Waals surface area (Å²) in [6.07, 6.45) is 0. The molecule has 0 aliphatic heterocycles. The van der Waals surface area contributed by atoms with Gasteiger partial charge in [0.15, 0.2) is 0 Å². The minimum Gasteiger partial charge on any atom is -0.307 e. The van der Waals surface area contributed by atoms with E-state index in [0.29, 0.717) is 5.56 Å². The quantitative estimate of drug-likeness (QED) is 0.174. The van der Waals surface area contributed by atoms with Crippen LogP contribution in [-0.2, 0) is 0 Å². The first-order valence-corrected chi connectivity index (χ1v) is 24.1. The lowest BCUT2D eigenvalue weighted by Crippen LogP contribution is -2.16. The number of fused-ring (bicyclic) bond motifs is 12. The number of nitriles is 1. The topological polar surface area (TPSA) is 43.5 Å². The Morgan fingerprint density at radius 3 is 0.696 bits per heavy atom. The summed E-state index contributed by atoms with van der Waals surface area (Å²) in [6.45, 7) is 19.7. The second-order valence-corrected chi connectivity index (χ2v) is 20.0. The molecule has 5 heteroatoms. The van der Waals surface area contributed by atoms with Gasteiger partial charge in [-0.3, -0.25) is 0 Å². The molecule has 0 unspecified atom stereocenters. The average molecular weight is 890 g/mol. The highest BCUT2D eigenvalue weighted by molar-refractivity contribution is 6.16. The van der Waals surface area contributed by atoms with E-state index in [1.807, 2.05) is 0 Å². The maximum atomic E-state index is 12.4. The molecule has 0 aliphatic rings. The van der Waals surface area contributed by atoms with Gasteiger partial charge in [-0.2, -0.15) is 5.26 Å². The molecule has 0 aliphatic carbocycles. The van der Waals surface area contributed by atoms with Crippen molar-refractivity contribution in [1.82, 2.24) is 18.3 Å². The predicted molar refractivity (Wildman–Crippen MR) is 291 cm³/mol. The summed E-state index contributed by atoms with van der Waals surface area (Å²) in [7, 11) is 0. The fraction of sp³-hybridized carbons (Fsp3) is 0.141. The van der Waals surface area contributed by atoms with Crippen LogP contribution < -0.4 is 0 Å². The van der Waals surface area contributed by atoms with Gasteiger partial charge in [0.25, 0.3) is 0 Å². The SMILES string of the molecule is Cc1ccc2c(c1)c1cc(C)ccc1n2-c1c(C)c(-n2c3ccc(C)cc3c3cc(C)ccc32)c(-n2c3ccc(C)cc3c3cc(C)ccc32)c(-n2c3ccc(C)cc3c3cc(C)ccc32)c1C#N. The maximum Gasteiger partial charge on any atom is 0.104 e. The van der Waals surface area contributed by atoms with Crippen molar-refractivity contribution in [3.05, 3.63) is 201 Å². The van der Waals surface area contributed by atoms with Gasteiger partial charge in [-0.25, -0.2) is 0 Å². The molecule has 0 spiro atoms. The van der Waals surface area contributed by atoms with Gasteiger partial charge in [0.1, 0.15) is 11.6 Å². The van der Waals surface area contributed by atoms with E-state index in [9.17, 15) is 5.26 Å². The number of aryl methyl sites for hydroxylation is 8. The molecule has 0 radical (unpaired) electrons. The molecule has 332 valence electrons. The molecular weight excluding hydrogens is 839 g/mol. The third-order valence-corrected chi connectivity index (χ3v) is 14.9. The van der Waals surface area contributed by atoms with Crippen molar-refractivity contribution < 1.29 is 0 Å². The van der Waals surface area contributed by atoms with E-state index in [2.05, 4.69) is 232 Å². The molecule has 0 N–H and O–H groups in total. The number of rotatable bonds is 4. The summed E-state index contributed by atoms with van der Waals surface area (Å²) in [5.74, 6) is 0. The molecule has 5 nitrogen and oxygen atoms in total. The summed E-state index contributed by atoms with van der Waals surface area (Å²) in [5, 5.41) is 21.9. The highest BCUT2D eigenvalue weighted by Gasteiger charge is 2.33. The fourth-order valence-electron chi connectivity index (χ4n) is 11.9. The number of aromatic nitrogens is 4. The lowest BCUT2D eigenvalue weighted by molar-refractivity contribution is 1.01. The van der Waals surface area contributed by atoms with E-state index in [-0.39, 0.29) is 0 Å². The molecule has 0 atom stereocenters. The molecule has 4 heterocycles. The van der Waals surface area contributed by atoms with Crippen molar-refractivity contribution in [3.8, 4) is 28.8 Å². The second-order valence-electron chi connectivity index (χ2n) is 20.0. The molecule has 69 heavy (non-hydrogen) atoms. The summed E-state index contributed by atoms with van der Waals surface area (Å²) in [6, 6.07) is 57.6. The van der Waals surface area contributed by atoms with Crippen LogP contribution in [0.1, 0.15) is 55.6 Å². The smallest absolute Gasteiger partial charge is 0.104 e. The molecule has 0 saturated carbocycles. The standard InChI is InChI=1S/C64H51N5/c1-35-10-18-53-44(26-35)45-27-36(2)11-19-54(45)66(53)61-43(9)62(67-55-20-12-37(3)28-46(55)47-29-38(4)13-21-56(47)67)64(69-59-24-16-41(7)32-50(59)51-33-42(8)17-25-60(51)69)63(52(61)34-65)68-57-22-14-39(5)30-48(57)49-31-40(6)15-23-58(49)68/h10-33H,1-9H3. The first-order valence-electron chi connectivity index (χ1n) is 24.1. The van der Waals surface area contributed by atoms with Crippen LogP contribution in [0.3, 0.4) is 0 Å². The van der Waals surface area contributed by atoms with Gasteiger partial charge in [-0.05, 0) is 159 Å². The molecule has 0 bridgehead atoms. The van der Waals surface area contributed by atoms with Gasteiger partial charge >= 0.3 is 0 Å². The number of benzene rings is 9. The predicted octanol–water partition coefficient (Wildman–Crippen LogP) is 16.7. The van der Waals surface area contributed by atoms with E-state index in [1.165, 1.54) is 76.8 Å². The summed E-state index contributed by atoms with van der Waals surface area (Å²) >= 11 is 0. The third kappa shape index (κ3) is 5.76. The van der Waals surface area contributed by atoms with Crippen molar-refractivity contribution in [2.75, 3.05) is 0 Å². The molecule has 13 rings (SSSR count). The van der Waals surface area contributed by atoms with Crippen molar-refractivity contribution in [2.24, 2.45) is 0 Å². The Labute approximate surface area is 401 Å². The van der Waals surface area contributed by atoms with Gasteiger partial charge in [-0.1, -0.05) is 93.0 Å². The Hall–Kier alpha value is -8.33. The van der Waals surface area contributed by atoms with Gasteiger partial charge < -0.3 is 18.3 Å². The van der Waals surface area contributed by atoms with Crippen LogP contribution in [0.15, 0.2) is 146 Å². The zero-order chi connectivity index (χ0) is 47.3. The Kier molecular flexibility index (Phi) is 8.65. The number of nitrogens with zero attached hydrogens (tertiary/aromatic N) is 5. The van der Waals surface area contributed by atoms with Crippen LogP contribution in [0, 0.1) is 73.6 Å². The van der Waals surface area contributed by atoms with Crippen LogP contribution in [-0.4, -0.2) is 18.3 Å².